The van der Waals surface area contributed by atoms with Crippen molar-refractivity contribution in [3.63, 3.8) is 0 Å². The first kappa shape index (κ1) is 11.2. The molecule has 0 radical (unpaired) electrons. The Bertz CT molecular complexity index is 400. The molecular weight excluding hydrogens is 209 g/mol. The lowest BCUT2D eigenvalue weighted by Crippen LogP contribution is -2.13. The number of aryl methyl sites for hydroxylation is 1. The standard InChI is InChI=1S/C12H16FNO2/c1-7-6-8(9-4-3-5-14-9)11(15)10(13)12(7)16-2/h6,9,14-15H,3-5H2,1-2H3. The molecule has 88 valence electrons. The normalized spacial score (nSPS) is 20.1. The third-order valence-electron chi connectivity index (χ3n) is 3.05. The van der Waals surface area contributed by atoms with Crippen LogP contribution < -0.4 is 10.1 Å². The van der Waals surface area contributed by atoms with Gasteiger partial charge in [-0.05, 0) is 37.9 Å². The van der Waals surface area contributed by atoms with E-state index in [0.717, 1.165) is 19.4 Å². The van der Waals surface area contributed by atoms with Gasteiger partial charge in [0.05, 0.1) is 7.11 Å². The van der Waals surface area contributed by atoms with Gasteiger partial charge in [-0.15, -0.1) is 0 Å². The van der Waals surface area contributed by atoms with Crippen LogP contribution in [0.15, 0.2) is 6.07 Å². The summed E-state index contributed by atoms with van der Waals surface area (Å²) in [6.45, 7) is 2.69. The zero-order valence-electron chi connectivity index (χ0n) is 9.51. The molecule has 1 aliphatic rings. The smallest absolute Gasteiger partial charge is 0.207 e. The fourth-order valence-corrected chi connectivity index (χ4v) is 2.24. The minimum Gasteiger partial charge on any atom is -0.504 e. The second kappa shape index (κ2) is 4.29. The third-order valence-corrected chi connectivity index (χ3v) is 3.05. The van der Waals surface area contributed by atoms with Gasteiger partial charge in [0.25, 0.3) is 0 Å². The van der Waals surface area contributed by atoms with E-state index in [-0.39, 0.29) is 17.5 Å². The highest BCUT2D eigenvalue weighted by atomic mass is 19.1. The predicted octanol–water partition coefficient (Wildman–Crippen LogP) is 2.27. The maximum absolute atomic E-state index is 13.8. The molecule has 1 saturated heterocycles. The number of rotatable bonds is 2. The van der Waals surface area contributed by atoms with Crippen molar-refractivity contribution in [1.29, 1.82) is 0 Å². The Morgan fingerprint density at radius 3 is 2.88 bits per heavy atom. The van der Waals surface area contributed by atoms with E-state index in [9.17, 15) is 9.50 Å². The molecule has 0 saturated carbocycles. The first-order chi connectivity index (χ1) is 7.65. The summed E-state index contributed by atoms with van der Waals surface area (Å²) in [5.41, 5.74) is 1.34. The second-order valence-electron chi connectivity index (χ2n) is 4.13. The monoisotopic (exact) mass is 225 g/mol. The number of hydrogen-bond acceptors (Lipinski definition) is 3. The number of phenolic OH excluding ortho intramolecular Hbond substituents is 1. The minimum atomic E-state index is -0.661. The van der Waals surface area contributed by atoms with Crippen LogP contribution in [0.25, 0.3) is 0 Å². The maximum atomic E-state index is 13.8. The van der Waals surface area contributed by atoms with Crippen molar-refractivity contribution in [3.05, 3.63) is 23.0 Å². The molecule has 0 aliphatic carbocycles. The van der Waals surface area contributed by atoms with E-state index in [1.807, 2.05) is 0 Å². The first-order valence-corrected chi connectivity index (χ1v) is 5.44. The van der Waals surface area contributed by atoms with E-state index < -0.39 is 5.82 Å². The van der Waals surface area contributed by atoms with Crippen molar-refractivity contribution in [2.75, 3.05) is 13.7 Å². The van der Waals surface area contributed by atoms with Crippen LogP contribution in [0.3, 0.4) is 0 Å². The summed E-state index contributed by atoms with van der Waals surface area (Å²) in [6.07, 6.45) is 1.98. The predicted molar refractivity (Wildman–Crippen MR) is 59.3 cm³/mol. The van der Waals surface area contributed by atoms with Crippen LogP contribution in [0.2, 0.25) is 0 Å². The molecule has 2 N–H and O–H groups in total. The molecule has 4 heteroatoms. The molecule has 16 heavy (non-hydrogen) atoms. The van der Waals surface area contributed by atoms with Crippen LogP contribution in [0, 0.1) is 12.7 Å². The van der Waals surface area contributed by atoms with Crippen molar-refractivity contribution in [1.82, 2.24) is 5.32 Å². The number of nitrogens with one attached hydrogen (secondary N) is 1. The summed E-state index contributed by atoms with van der Waals surface area (Å²) in [6, 6.07) is 1.85. The maximum Gasteiger partial charge on any atom is 0.207 e. The van der Waals surface area contributed by atoms with Gasteiger partial charge >= 0.3 is 0 Å². The number of phenols is 1. The van der Waals surface area contributed by atoms with Crippen molar-refractivity contribution in [2.45, 2.75) is 25.8 Å². The lowest BCUT2D eigenvalue weighted by atomic mass is 10.0. The molecular formula is C12H16FNO2. The van der Waals surface area contributed by atoms with Crippen LogP contribution in [0.4, 0.5) is 4.39 Å². The number of hydrogen-bond donors (Lipinski definition) is 2. The average Bonchev–Trinajstić information content (AvgIpc) is 2.77. The van der Waals surface area contributed by atoms with Gasteiger partial charge in [0, 0.05) is 11.6 Å². The third kappa shape index (κ3) is 1.73. The van der Waals surface area contributed by atoms with Crippen LogP contribution in [-0.2, 0) is 0 Å². The Labute approximate surface area is 94.2 Å². The molecule has 1 heterocycles. The molecule has 0 bridgehead atoms. The number of aromatic hydroxyl groups is 1. The van der Waals surface area contributed by atoms with Gasteiger partial charge in [0.15, 0.2) is 11.5 Å². The summed E-state index contributed by atoms with van der Waals surface area (Å²) >= 11 is 0. The van der Waals surface area contributed by atoms with E-state index in [2.05, 4.69) is 5.32 Å². The van der Waals surface area contributed by atoms with Crippen molar-refractivity contribution >= 4 is 0 Å². The van der Waals surface area contributed by atoms with E-state index >= 15 is 0 Å². The van der Waals surface area contributed by atoms with Gasteiger partial charge in [0.1, 0.15) is 0 Å². The Balaban J connectivity index is 2.46. The summed E-state index contributed by atoms with van der Waals surface area (Å²) < 4.78 is 18.7. The molecule has 2 rings (SSSR count). The van der Waals surface area contributed by atoms with Crippen LogP contribution in [0.1, 0.15) is 30.0 Å². The van der Waals surface area contributed by atoms with E-state index in [0.29, 0.717) is 11.1 Å². The molecule has 0 aromatic heterocycles. The van der Waals surface area contributed by atoms with Crippen LogP contribution in [-0.4, -0.2) is 18.8 Å². The number of halogens is 1. The van der Waals surface area contributed by atoms with Crippen molar-refractivity contribution < 1.29 is 14.2 Å². The lowest BCUT2D eigenvalue weighted by molar-refractivity contribution is 0.357. The molecule has 1 atom stereocenters. The van der Waals surface area contributed by atoms with Crippen LogP contribution in [0.5, 0.6) is 11.5 Å². The Kier molecular flexibility index (Phi) is 3.01. The topological polar surface area (TPSA) is 41.5 Å². The summed E-state index contributed by atoms with van der Waals surface area (Å²) in [5.74, 6) is -0.827. The molecule has 0 spiro atoms. The highest BCUT2D eigenvalue weighted by molar-refractivity contribution is 5.48. The van der Waals surface area contributed by atoms with Crippen LogP contribution >= 0.6 is 0 Å². The first-order valence-electron chi connectivity index (χ1n) is 5.44. The van der Waals surface area contributed by atoms with Gasteiger partial charge in [-0.1, -0.05) is 0 Å². The lowest BCUT2D eigenvalue weighted by Gasteiger charge is -2.16. The zero-order valence-corrected chi connectivity index (χ0v) is 9.51. The van der Waals surface area contributed by atoms with Gasteiger partial charge in [-0.25, -0.2) is 0 Å². The van der Waals surface area contributed by atoms with Gasteiger partial charge < -0.3 is 15.2 Å². The zero-order chi connectivity index (χ0) is 11.7. The van der Waals surface area contributed by atoms with E-state index in [4.69, 9.17) is 4.74 Å². The second-order valence-corrected chi connectivity index (χ2v) is 4.13. The Hall–Kier alpha value is -1.29. The molecule has 1 aromatic carbocycles. The van der Waals surface area contributed by atoms with Gasteiger partial charge in [-0.3, -0.25) is 0 Å². The molecule has 1 aliphatic heterocycles. The summed E-state index contributed by atoms with van der Waals surface area (Å²) in [7, 11) is 1.40. The van der Waals surface area contributed by atoms with Gasteiger partial charge in [-0.2, -0.15) is 4.39 Å². The molecule has 1 fully saturated rings. The molecule has 1 unspecified atom stereocenters. The van der Waals surface area contributed by atoms with E-state index in [1.165, 1.54) is 7.11 Å². The SMILES string of the molecule is COc1c(C)cc(C2CCCN2)c(O)c1F. The van der Waals surface area contributed by atoms with E-state index in [1.54, 1.807) is 13.0 Å². The average molecular weight is 225 g/mol. The fourth-order valence-electron chi connectivity index (χ4n) is 2.24. The quantitative estimate of drug-likeness (QED) is 0.811. The summed E-state index contributed by atoms with van der Waals surface area (Å²) in [4.78, 5) is 0. The highest BCUT2D eigenvalue weighted by Crippen LogP contribution is 2.38. The largest absolute Gasteiger partial charge is 0.504 e. The molecule has 0 amide bonds. The fraction of sp³-hybridized carbons (Fsp3) is 0.500. The summed E-state index contributed by atoms with van der Waals surface area (Å²) in [5, 5.41) is 13.0. The number of ether oxygens (including phenoxy) is 1. The highest BCUT2D eigenvalue weighted by Gasteiger charge is 2.24. The molecule has 1 aromatic rings. The number of benzene rings is 1. The number of methoxy groups -OCH3 is 1. The van der Waals surface area contributed by atoms with Crippen molar-refractivity contribution in [2.24, 2.45) is 0 Å². The Morgan fingerprint density at radius 2 is 2.31 bits per heavy atom. The molecule has 3 nitrogen and oxygen atoms in total. The van der Waals surface area contributed by atoms with Crippen molar-refractivity contribution in [3.8, 4) is 11.5 Å². The van der Waals surface area contributed by atoms with Gasteiger partial charge in [0.2, 0.25) is 5.82 Å². The Morgan fingerprint density at radius 1 is 1.56 bits per heavy atom. The minimum absolute atomic E-state index is 0.0547.